The Morgan fingerprint density at radius 2 is 2.05 bits per heavy atom. The molecule has 1 fully saturated rings. The minimum Gasteiger partial charge on any atom is -0.497 e. The van der Waals surface area contributed by atoms with Gasteiger partial charge in [-0.05, 0) is 30.7 Å². The molecule has 0 bridgehead atoms. The molecule has 0 radical (unpaired) electrons. The lowest BCUT2D eigenvalue weighted by atomic mass is 10.2. The summed E-state index contributed by atoms with van der Waals surface area (Å²) in [7, 11) is 1.64. The Kier molecular flexibility index (Phi) is 4.98. The average Bonchev–Trinajstić information content (AvgIpc) is 2.74. The highest BCUT2D eigenvalue weighted by Crippen LogP contribution is 2.30. The first-order valence-corrected chi connectivity index (χ1v) is 7.44. The first-order chi connectivity index (χ1) is 9.65. The first kappa shape index (κ1) is 14.8. The molecule has 1 aliphatic heterocycles. The molecule has 0 saturated carbocycles. The molecule has 5 heteroatoms. The number of amides is 1. The first-order valence-electron chi connectivity index (χ1n) is 6.21. The van der Waals surface area contributed by atoms with E-state index in [2.05, 4.69) is 0 Å². The molecule has 1 amide bonds. The zero-order chi connectivity index (χ0) is 14.5. The third-order valence-electron chi connectivity index (χ3n) is 2.84. The van der Waals surface area contributed by atoms with E-state index in [4.69, 9.17) is 17.0 Å². The number of hydrogen-bond donors (Lipinski definition) is 0. The van der Waals surface area contributed by atoms with Crippen molar-refractivity contribution in [1.29, 1.82) is 0 Å². The highest BCUT2D eigenvalue weighted by atomic mass is 32.2. The molecular weight excluding hydrogens is 290 g/mol. The second kappa shape index (κ2) is 6.72. The minimum atomic E-state index is -0.0121. The molecule has 0 atom stereocenters. The van der Waals surface area contributed by atoms with E-state index in [0.29, 0.717) is 15.8 Å². The Labute approximate surface area is 128 Å². The van der Waals surface area contributed by atoms with Crippen molar-refractivity contribution in [2.75, 3.05) is 13.7 Å². The van der Waals surface area contributed by atoms with Crippen molar-refractivity contribution in [3.63, 3.8) is 0 Å². The van der Waals surface area contributed by atoms with Gasteiger partial charge in [-0.2, -0.15) is 0 Å². The van der Waals surface area contributed by atoms with Crippen LogP contribution in [0.1, 0.15) is 12.5 Å². The molecule has 0 aromatic heterocycles. The fourth-order valence-electron chi connectivity index (χ4n) is 1.75. The smallest absolute Gasteiger partial charge is 0.266 e. The van der Waals surface area contributed by atoms with Crippen LogP contribution in [-0.2, 0) is 4.79 Å². The van der Waals surface area contributed by atoms with Crippen molar-refractivity contribution < 1.29 is 9.53 Å². The molecule has 1 aliphatic rings. The molecular formula is C15H15NO2S2. The monoisotopic (exact) mass is 305 g/mol. The Morgan fingerprint density at radius 1 is 1.35 bits per heavy atom. The number of ether oxygens (including phenoxy) is 1. The van der Waals surface area contributed by atoms with Gasteiger partial charge in [0.1, 0.15) is 10.1 Å². The van der Waals surface area contributed by atoms with E-state index in [1.807, 2.05) is 43.3 Å². The van der Waals surface area contributed by atoms with Crippen molar-refractivity contribution >= 4 is 40.3 Å². The summed E-state index contributed by atoms with van der Waals surface area (Å²) in [6.45, 7) is 2.53. The second-order valence-electron chi connectivity index (χ2n) is 4.08. The molecule has 1 heterocycles. The number of likely N-dealkylation sites (N-methyl/N-ethyl adjacent to an activating group) is 1. The number of nitrogens with zero attached hydrogens (tertiary/aromatic N) is 1. The van der Waals surface area contributed by atoms with Crippen LogP contribution in [0.5, 0.6) is 5.75 Å². The summed E-state index contributed by atoms with van der Waals surface area (Å²) in [6, 6.07) is 7.72. The maximum atomic E-state index is 12.0. The number of allylic oxidation sites excluding steroid dienone is 2. The zero-order valence-electron chi connectivity index (χ0n) is 11.3. The fraction of sp³-hybridized carbons (Fsp3) is 0.200. The van der Waals surface area contributed by atoms with E-state index in [1.165, 1.54) is 11.8 Å². The van der Waals surface area contributed by atoms with Crippen LogP contribution < -0.4 is 4.74 Å². The minimum absolute atomic E-state index is 0.0121. The summed E-state index contributed by atoms with van der Waals surface area (Å²) < 4.78 is 5.73. The summed E-state index contributed by atoms with van der Waals surface area (Å²) in [4.78, 5) is 14.2. The largest absolute Gasteiger partial charge is 0.497 e. The number of benzene rings is 1. The highest BCUT2D eigenvalue weighted by Gasteiger charge is 2.29. The quantitative estimate of drug-likeness (QED) is 0.629. The van der Waals surface area contributed by atoms with Crippen molar-refractivity contribution in [2.45, 2.75) is 6.92 Å². The molecule has 0 aliphatic carbocycles. The second-order valence-corrected chi connectivity index (χ2v) is 5.76. The van der Waals surface area contributed by atoms with Crippen LogP contribution >= 0.6 is 24.0 Å². The highest BCUT2D eigenvalue weighted by molar-refractivity contribution is 8.26. The van der Waals surface area contributed by atoms with Gasteiger partial charge in [0, 0.05) is 6.54 Å². The van der Waals surface area contributed by atoms with Crippen molar-refractivity contribution in [1.82, 2.24) is 4.90 Å². The van der Waals surface area contributed by atoms with Gasteiger partial charge in [-0.1, -0.05) is 48.3 Å². The lowest BCUT2D eigenvalue weighted by Gasteiger charge is -2.09. The van der Waals surface area contributed by atoms with Crippen LogP contribution in [0.2, 0.25) is 0 Å². The number of carbonyl (C=O) groups is 1. The maximum absolute atomic E-state index is 12.0. The predicted molar refractivity (Wildman–Crippen MR) is 87.7 cm³/mol. The molecule has 1 aromatic rings. The van der Waals surface area contributed by atoms with Crippen LogP contribution in [-0.4, -0.2) is 28.8 Å². The van der Waals surface area contributed by atoms with Crippen LogP contribution in [0.25, 0.3) is 6.08 Å². The summed E-state index contributed by atoms with van der Waals surface area (Å²) in [5.41, 5.74) is 1.05. The van der Waals surface area contributed by atoms with E-state index in [9.17, 15) is 4.79 Å². The Morgan fingerprint density at radius 3 is 2.60 bits per heavy atom. The fourth-order valence-corrected chi connectivity index (χ4v) is 3.08. The third kappa shape index (κ3) is 3.29. The molecule has 0 spiro atoms. The number of hydrogen-bond acceptors (Lipinski definition) is 4. The predicted octanol–water partition coefficient (Wildman–Crippen LogP) is 3.47. The van der Waals surface area contributed by atoms with Crippen LogP contribution in [0.4, 0.5) is 0 Å². The lowest BCUT2D eigenvalue weighted by Crippen LogP contribution is -2.27. The van der Waals surface area contributed by atoms with Crippen LogP contribution in [0.15, 0.2) is 41.3 Å². The third-order valence-corrected chi connectivity index (χ3v) is 4.24. The van der Waals surface area contributed by atoms with E-state index < -0.39 is 0 Å². The summed E-state index contributed by atoms with van der Waals surface area (Å²) in [5, 5.41) is 0. The maximum Gasteiger partial charge on any atom is 0.266 e. The molecule has 0 unspecified atom stereocenters. The number of carbonyl (C=O) groups excluding carboxylic acids is 1. The topological polar surface area (TPSA) is 29.5 Å². The Bertz CT molecular complexity index is 576. The van der Waals surface area contributed by atoms with Crippen molar-refractivity contribution in [3.05, 3.63) is 46.9 Å². The van der Waals surface area contributed by atoms with E-state index in [1.54, 1.807) is 18.1 Å². The zero-order valence-corrected chi connectivity index (χ0v) is 13.0. The van der Waals surface area contributed by atoms with E-state index >= 15 is 0 Å². The number of thiocarbonyl (C=S) groups is 1. The number of methoxy groups -OCH3 is 1. The van der Waals surface area contributed by atoms with Gasteiger partial charge in [-0.15, -0.1) is 0 Å². The van der Waals surface area contributed by atoms with Crippen molar-refractivity contribution in [2.24, 2.45) is 0 Å². The SMILES string of the molecule is CCN1C(=O)/C(=C\C=C/c2ccc(OC)cc2)SC1=S. The number of thioether (sulfide) groups is 1. The molecule has 1 aromatic carbocycles. The van der Waals surface area contributed by atoms with E-state index in [-0.39, 0.29) is 5.91 Å². The van der Waals surface area contributed by atoms with Gasteiger partial charge in [0.15, 0.2) is 0 Å². The molecule has 1 saturated heterocycles. The standard InChI is InChI=1S/C15H15NO2S2/c1-3-16-14(17)13(20-15(16)19)6-4-5-11-7-9-12(18-2)10-8-11/h4-10H,3H2,1-2H3/b5-4-,13-6+. The van der Waals surface area contributed by atoms with Gasteiger partial charge in [-0.3, -0.25) is 9.69 Å². The van der Waals surface area contributed by atoms with E-state index in [0.717, 1.165) is 11.3 Å². The lowest BCUT2D eigenvalue weighted by molar-refractivity contribution is -0.122. The molecule has 2 rings (SSSR count). The molecule has 20 heavy (non-hydrogen) atoms. The summed E-state index contributed by atoms with van der Waals surface area (Å²) >= 11 is 6.50. The molecule has 3 nitrogen and oxygen atoms in total. The van der Waals surface area contributed by atoms with Gasteiger partial charge in [0.25, 0.3) is 5.91 Å². The Balaban J connectivity index is 2.07. The van der Waals surface area contributed by atoms with Crippen molar-refractivity contribution in [3.8, 4) is 5.75 Å². The van der Waals surface area contributed by atoms with Crippen LogP contribution in [0.3, 0.4) is 0 Å². The van der Waals surface area contributed by atoms with Gasteiger partial charge >= 0.3 is 0 Å². The van der Waals surface area contributed by atoms with Crippen LogP contribution in [0, 0.1) is 0 Å². The van der Waals surface area contributed by atoms with Gasteiger partial charge < -0.3 is 4.74 Å². The van der Waals surface area contributed by atoms with Gasteiger partial charge in [0.2, 0.25) is 0 Å². The normalized spacial score (nSPS) is 17.5. The average molecular weight is 305 g/mol. The Hall–Kier alpha value is -1.59. The molecule has 0 N–H and O–H groups in total. The number of rotatable bonds is 4. The van der Waals surface area contributed by atoms with Gasteiger partial charge in [0.05, 0.1) is 12.0 Å². The molecule has 104 valence electrons. The van der Waals surface area contributed by atoms with Gasteiger partial charge in [-0.25, -0.2) is 0 Å². The summed E-state index contributed by atoms with van der Waals surface area (Å²) in [5.74, 6) is 0.813. The summed E-state index contributed by atoms with van der Waals surface area (Å²) in [6.07, 6.45) is 5.61.